The number of nitrogens with zero attached hydrogens (tertiary/aromatic N) is 1. The quantitative estimate of drug-likeness (QED) is 0.723. The zero-order valence-electron chi connectivity index (χ0n) is 9.44. The molecule has 0 fully saturated rings. The molecule has 1 aromatic heterocycles. The molecule has 1 unspecified atom stereocenters. The second-order valence-electron chi connectivity index (χ2n) is 3.62. The lowest BCUT2D eigenvalue weighted by molar-refractivity contribution is -0.122. The van der Waals surface area contributed by atoms with Crippen molar-refractivity contribution in [1.82, 2.24) is 10.3 Å². The van der Waals surface area contributed by atoms with E-state index in [-0.39, 0.29) is 5.91 Å². The fourth-order valence-electron chi connectivity index (χ4n) is 1.29. The minimum absolute atomic E-state index is 0.176. The van der Waals surface area contributed by atoms with Gasteiger partial charge in [0.25, 0.3) is 0 Å². The van der Waals surface area contributed by atoms with Gasteiger partial charge in [-0.2, -0.15) is 0 Å². The summed E-state index contributed by atoms with van der Waals surface area (Å²) in [5.74, 6) is -0.176. The monoisotopic (exact) mass is 219 g/mol. The van der Waals surface area contributed by atoms with Gasteiger partial charge in [-0.25, -0.2) is 0 Å². The normalized spacial score (nSPS) is 11.9. The fourth-order valence-corrected chi connectivity index (χ4v) is 1.29. The minimum atomic E-state index is -0.526. The fraction of sp³-hybridized carbons (Fsp3) is 0.333. The Morgan fingerprint density at radius 3 is 3.12 bits per heavy atom. The number of nitrogens with two attached hydrogens (primary N) is 1. The van der Waals surface area contributed by atoms with Gasteiger partial charge < -0.3 is 11.1 Å². The summed E-state index contributed by atoms with van der Waals surface area (Å²) in [7, 11) is 0. The number of aromatic nitrogens is 1. The summed E-state index contributed by atoms with van der Waals surface area (Å²) in [6.07, 6.45) is 3.82. The number of nitrogens with one attached hydrogen (secondary N) is 1. The third kappa shape index (κ3) is 3.47. The van der Waals surface area contributed by atoms with Crippen molar-refractivity contribution in [1.29, 1.82) is 0 Å². The summed E-state index contributed by atoms with van der Waals surface area (Å²) < 4.78 is 0. The van der Waals surface area contributed by atoms with E-state index < -0.39 is 6.04 Å². The van der Waals surface area contributed by atoms with Crippen molar-refractivity contribution in [3.63, 3.8) is 0 Å². The molecular formula is C12H17N3O. The Labute approximate surface area is 95.6 Å². The van der Waals surface area contributed by atoms with Crippen LogP contribution in [-0.2, 0) is 11.3 Å². The van der Waals surface area contributed by atoms with Crippen molar-refractivity contribution in [2.45, 2.75) is 25.9 Å². The number of aryl methyl sites for hydroxylation is 1. The van der Waals surface area contributed by atoms with Crippen LogP contribution in [0.5, 0.6) is 0 Å². The van der Waals surface area contributed by atoms with Gasteiger partial charge in [0.05, 0.1) is 18.3 Å². The van der Waals surface area contributed by atoms with Crippen molar-refractivity contribution in [3.8, 4) is 0 Å². The van der Waals surface area contributed by atoms with Crippen LogP contribution in [-0.4, -0.2) is 16.9 Å². The second kappa shape index (κ2) is 6.02. The Hall–Kier alpha value is -1.68. The summed E-state index contributed by atoms with van der Waals surface area (Å²) in [4.78, 5) is 15.7. The van der Waals surface area contributed by atoms with Crippen LogP contribution >= 0.6 is 0 Å². The molecule has 4 heteroatoms. The number of pyridine rings is 1. The summed E-state index contributed by atoms with van der Waals surface area (Å²) >= 11 is 0. The van der Waals surface area contributed by atoms with E-state index in [0.717, 1.165) is 11.3 Å². The van der Waals surface area contributed by atoms with Crippen molar-refractivity contribution in [2.24, 2.45) is 5.73 Å². The molecule has 16 heavy (non-hydrogen) atoms. The number of carbonyl (C=O) groups excluding carboxylic acids is 1. The number of hydrogen-bond acceptors (Lipinski definition) is 3. The lowest BCUT2D eigenvalue weighted by Gasteiger charge is -2.10. The van der Waals surface area contributed by atoms with Crippen LogP contribution < -0.4 is 11.1 Å². The number of carbonyl (C=O) groups is 1. The Kier molecular flexibility index (Phi) is 4.66. The predicted molar refractivity (Wildman–Crippen MR) is 63.6 cm³/mol. The van der Waals surface area contributed by atoms with E-state index in [9.17, 15) is 4.79 Å². The SMILES string of the molecule is C=CCC(N)C(=O)NCc1ncccc1C. The van der Waals surface area contributed by atoms with Crippen LogP contribution in [0.1, 0.15) is 17.7 Å². The first kappa shape index (κ1) is 12.4. The van der Waals surface area contributed by atoms with E-state index in [1.165, 1.54) is 0 Å². The number of hydrogen-bond donors (Lipinski definition) is 2. The smallest absolute Gasteiger partial charge is 0.237 e. The molecule has 0 aliphatic carbocycles. The van der Waals surface area contributed by atoms with E-state index in [2.05, 4.69) is 16.9 Å². The van der Waals surface area contributed by atoms with Gasteiger partial charge >= 0.3 is 0 Å². The molecule has 0 radical (unpaired) electrons. The van der Waals surface area contributed by atoms with Crippen molar-refractivity contribution < 1.29 is 4.79 Å². The van der Waals surface area contributed by atoms with Gasteiger partial charge in [0.15, 0.2) is 0 Å². The molecular weight excluding hydrogens is 202 g/mol. The van der Waals surface area contributed by atoms with Crippen LogP contribution in [0.25, 0.3) is 0 Å². The molecule has 0 saturated carbocycles. The molecule has 86 valence electrons. The van der Waals surface area contributed by atoms with Gasteiger partial charge in [0, 0.05) is 6.20 Å². The van der Waals surface area contributed by atoms with E-state index in [4.69, 9.17) is 5.73 Å². The molecule has 0 spiro atoms. The first-order valence-electron chi connectivity index (χ1n) is 5.20. The zero-order valence-corrected chi connectivity index (χ0v) is 9.44. The third-order valence-corrected chi connectivity index (χ3v) is 2.31. The highest BCUT2D eigenvalue weighted by Crippen LogP contribution is 2.02. The molecule has 0 aromatic carbocycles. The number of rotatable bonds is 5. The van der Waals surface area contributed by atoms with Crippen LogP contribution in [0.4, 0.5) is 0 Å². The number of amides is 1. The second-order valence-corrected chi connectivity index (χ2v) is 3.62. The topological polar surface area (TPSA) is 68.0 Å². The molecule has 0 saturated heterocycles. The highest BCUT2D eigenvalue weighted by Gasteiger charge is 2.11. The molecule has 1 amide bonds. The molecule has 3 N–H and O–H groups in total. The first-order valence-corrected chi connectivity index (χ1v) is 5.20. The maximum atomic E-state index is 11.5. The van der Waals surface area contributed by atoms with Crippen molar-refractivity contribution in [3.05, 3.63) is 42.2 Å². The van der Waals surface area contributed by atoms with Crippen molar-refractivity contribution >= 4 is 5.91 Å². The predicted octanol–water partition coefficient (Wildman–Crippen LogP) is 0.910. The Morgan fingerprint density at radius 2 is 2.50 bits per heavy atom. The van der Waals surface area contributed by atoms with Gasteiger partial charge in [-0.1, -0.05) is 12.1 Å². The molecule has 1 atom stereocenters. The summed E-state index contributed by atoms with van der Waals surface area (Å²) in [5, 5.41) is 2.75. The lowest BCUT2D eigenvalue weighted by Crippen LogP contribution is -2.40. The summed E-state index contributed by atoms with van der Waals surface area (Å²) in [5.41, 5.74) is 7.54. The van der Waals surface area contributed by atoms with Crippen molar-refractivity contribution in [2.75, 3.05) is 0 Å². The molecule has 1 rings (SSSR count). The Bertz CT molecular complexity index is 376. The molecule has 4 nitrogen and oxygen atoms in total. The zero-order chi connectivity index (χ0) is 12.0. The van der Waals surface area contributed by atoms with Crippen LogP contribution in [0.2, 0.25) is 0 Å². The highest BCUT2D eigenvalue weighted by molar-refractivity contribution is 5.81. The third-order valence-electron chi connectivity index (χ3n) is 2.31. The van der Waals surface area contributed by atoms with Crippen LogP contribution in [0.3, 0.4) is 0 Å². The lowest BCUT2D eigenvalue weighted by atomic mass is 10.2. The van der Waals surface area contributed by atoms with E-state index in [0.29, 0.717) is 13.0 Å². The van der Waals surface area contributed by atoms with Gasteiger partial charge in [-0.05, 0) is 25.0 Å². The van der Waals surface area contributed by atoms with Crippen LogP contribution in [0.15, 0.2) is 31.0 Å². The Morgan fingerprint density at radius 1 is 1.75 bits per heavy atom. The van der Waals surface area contributed by atoms with E-state index >= 15 is 0 Å². The maximum Gasteiger partial charge on any atom is 0.237 e. The molecule has 0 aliphatic rings. The van der Waals surface area contributed by atoms with Gasteiger partial charge in [-0.3, -0.25) is 9.78 Å². The van der Waals surface area contributed by atoms with E-state index in [1.807, 2.05) is 19.1 Å². The van der Waals surface area contributed by atoms with Gasteiger partial charge in [-0.15, -0.1) is 6.58 Å². The average Bonchev–Trinajstić information content (AvgIpc) is 2.28. The van der Waals surface area contributed by atoms with Gasteiger partial charge in [0.1, 0.15) is 0 Å². The highest BCUT2D eigenvalue weighted by atomic mass is 16.2. The molecule has 1 heterocycles. The summed E-state index contributed by atoms with van der Waals surface area (Å²) in [6, 6.07) is 3.30. The molecule has 0 bridgehead atoms. The van der Waals surface area contributed by atoms with Crippen LogP contribution in [0, 0.1) is 6.92 Å². The van der Waals surface area contributed by atoms with Gasteiger partial charge in [0.2, 0.25) is 5.91 Å². The maximum absolute atomic E-state index is 11.5. The minimum Gasteiger partial charge on any atom is -0.349 e. The Balaban J connectivity index is 2.49. The first-order chi connectivity index (χ1) is 7.65. The molecule has 0 aliphatic heterocycles. The van der Waals surface area contributed by atoms with E-state index in [1.54, 1.807) is 12.3 Å². The average molecular weight is 219 g/mol. The summed E-state index contributed by atoms with van der Waals surface area (Å²) in [6.45, 7) is 5.91. The standard InChI is InChI=1S/C12H17N3O/c1-3-5-10(13)12(16)15-8-11-9(2)6-4-7-14-11/h3-4,6-7,10H,1,5,8,13H2,2H3,(H,15,16). The molecule has 1 aromatic rings. The largest absolute Gasteiger partial charge is 0.349 e.